The van der Waals surface area contributed by atoms with Crippen LogP contribution in [0, 0.1) is 0 Å². The second kappa shape index (κ2) is 7.92. The fourth-order valence-corrected chi connectivity index (χ4v) is 3.70. The molecular formula is C16H26N2O2S. The third kappa shape index (κ3) is 5.09. The molecule has 1 fully saturated rings. The molecule has 0 saturated heterocycles. The van der Waals surface area contributed by atoms with Gasteiger partial charge in [0.25, 0.3) is 0 Å². The van der Waals surface area contributed by atoms with Crippen LogP contribution < -0.4 is 5.32 Å². The van der Waals surface area contributed by atoms with Gasteiger partial charge in [-0.25, -0.2) is 0 Å². The summed E-state index contributed by atoms with van der Waals surface area (Å²) < 4.78 is 0. The quantitative estimate of drug-likeness (QED) is 0.736. The standard InChI is InChI=1S/C16H26N2O2S/c1-3-18(10-16(19)20)15-8-14(9-15)17-12(2)4-5-13-6-7-21-11-13/h6-7,11-12,14-15,17H,3-5,8-10H2,1-2H3,(H,19,20). The third-order valence-electron chi connectivity index (χ3n) is 4.34. The van der Waals surface area contributed by atoms with Gasteiger partial charge in [0.1, 0.15) is 0 Å². The molecule has 1 heterocycles. The number of rotatable bonds is 9. The molecule has 1 unspecified atom stereocenters. The van der Waals surface area contributed by atoms with Crippen LogP contribution in [0.3, 0.4) is 0 Å². The van der Waals surface area contributed by atoms with Gasteiger partial charge in [0.2, 0.25) is 0 Å². The van der Waals surface area contributed by atoms with Crippen molar-refractivity contribution in [3.8, 4) is 0 Å². The number of carboxylic acid groups (broad SMARTS) is 1. The Morgan fingerprint density at radius 3 is 2.90 bits per heavy atom. The predicted octanol–water partition coefficient (Wildman–Crippen LogP) is 2.60. The van der Waals surface area contributed by atoms with Crippen molar-refractivity contribution in [1.29, 1.82) is 0 Å². The Hall–Kier alpha value is -0.910. The number of aryl methyl sites for hydroxylation is 1. The molecule has 21 heavy (non-hydrogen) atoms. The summed E-state index contributed by atoms with van der Waals surface area (Å²) in [6.07, 6.45) is 4.44. The highest BCUT2D eigenvalue weighted by Crippen LogP contribution is 2.26. The molecule has 0 aliphatic heterocycles. The average Bonchev–Trinajstić information content (AvgIpc) is 2.90. The Morgan fingerprint density at radius 2 is 2.33 bits per heavy atom. The number of carboxylic acids is 1. The first kappa shape index (κ1) is 16.5. The SMILES string of the molecule is CCN(CC(=O)O)C1CC(NC(C)CCc2ccsc2)C1. The van der Waals surface area contributed by atoms with E-state index >= 15 is 0 Å². The lowest BCUT2D eigenvalue weighted by Crippen LogP contribution is -2.55. The van der Waals surface area contributed by atoms with Gasteiger partial charge in [-0.1, -0.05) is 6.92 Å². The minimum atomic E-state index is -0.725. The van der Waals surface area contributed by atoms with Crippen molar-refractivity contribution < 1.29 is 9.90 Å². The number of aliphatic carboxylic acids is 1. The number of thiophene rings is 1. The summed E-state index contributed by atoms with van der Waals surface area (Å²) in [6.45, 7) is 5.26. The zero-order chi connectivity index (χ0) is 15.2. The lowest BCUT2D eigenvalue weighted by molar-refractivity contribution is -0.139. The summed E-state index contributed by atoms with van der Waals surface area (Å²) >= 11 is 1.76. The van der Waals surface area contributed by atoms with E-state index in [0.717, 1.165) is 32.2 Å². The van der Waals surface area contributed by atoms with Crippen LogP contribution in [0.1, 0.15) is 38.7 Å². The summed E-state index contributed by atoms with van der Waals surface area (Å²) in [6, 6.07) is 3.70. The molecule has 118 valence electrons. The van der Waals surface area contributed by atoms with E-state index in [2.05, 4.69) is 34.0 Å². The Bertz CT molecular complexity index is 429. The molecule has 0 amide bonds. The molecule has 1 aliphatic rings. The van der Waals surface area contributed by atoms with E-state index in [0.29, 0.717) is 18.1 Å². The molecule has 0 bridgehead atoms. The van der Waals surface area contributed by atoms with Crippen LogP contribution in [0.2, 0.25) is 0 Å². The molecular weight excluding hydrogens is 284 g/mol. The molecule has 1 saturated carbocycles. The van der Waals surface area contributed by atoms with Gasteiger partial charge in [-0.05, 0) is 61.5 Å². The van der Waals surface area contributed by atoms with Gasteiger partial charge in [-0.3, -0.25) is 9.69 Å². The zero-order valence-electron chi connectivity index (χ0n) is 12.9. The molecule has 0 spiro atoms. The first-order valence-electron chi connectivity index (χ1n) is 7.81. The summed E-state index contributed by atoms with van der Waals surface area (Å²) in [7, 11) is 0. The number of nitrogens with one attached hydrogen (secondary N) is 1. The van der Waals surface area contributed by atoms with E-state index in [9.17, 15) is 4.79 Å². The topological polar surface area (TPSA) is 52.6 Å². The van der Waals surface area contributed by atoms with Gasteiger partial charge in [0, 0.05) is 18.1 Å². The van der Waals surface area contributed by atoms with Crippen molar-refractivity contribution >= 4 is 17.3 Å². The van der Waals surface area contributed by atoms with Crippen LogP contribution in [-0.2, 0) is 11.2 Å². The summed E-state index contributed by atoms with van der Waals surface area (Å²) in [5.41, 5.74) is 1.43. The maximum atomic E-state index is 10.8. The van der Waals surface area contributed by atoms with E-state index < -0.39 is 5.97 Å². The fourth-order valence-electron chi connectivity index (χ4n) is 3.00. The van der Waals surface area contributed by atoms with Gasteiger partial charge in [0.15, 0.2) is 0 Å². The van der Waals surface area contributed by atoms with E-state index in [4.69, 9.17) is 5.11 Å². The number of nitrogens with zero attached hydrogens (tertiary/aromatic N) is 1. The minimum absolute atomic E-state index is 0.168. The second-order valence-corrected chi connectivity index (χ2v) is 6.80. The second-order valence-electron chi connectivity index (χ2n) is 6.02. The molecule has 2 rings (SSSR count). The van der Waals surface area contributed by atoms with E-state index in [1.807, 2.05) is 6.92 Å². The first-order chi connectivity index (χ1) is 10.1. The molecule has 1 atom stereocenters. The Morgan fingerprint density at radius 1 is 1.57 bits per heavy atom. The van der Waals surface area contributed by atoms with Gasteiger partial charge >= 0.3 is 5.97 Å². The van der Waals surface area contributed by atoms with Crippen LogP contribution in [0.4, 0.5) is 0 Å². The lowest BCUT2D eigenvalue weighted by Gasteiger charge is -2.43. The average molecular weight is 310 g/mol. The van der Waals surface area contributed by atoms with Crippen LogP contribution >= 0.6 is 11.3 Å². The monoisotopic (exact) mass is 310 g/mol. The van der Waals surface area contributed by atoms with Crippen LogP contribution in [0.15, 0.2) is 16.8 Å². The van der Waals surface area contributed by atoms with Crippen molar-refractivity contribution in [3.63, 3.8) is 0 Å². The van der Waals surface area contributed by atoms with Crippen LogP contribution in [0.25, 0.3) is 0 Å². The maximum absolute atomic E-state index is 10.8. The molecule has 1 aromatic rings. The Labute approximate surface area is 131 Å². The molecule has 0 radical (unpaired) electrons. The van der Waals surface area contributed by atoms with Crippen molar-refractivity contribution in [2.75, 3.05) is 13.1 Å². The highest BCUT2D eigenvalue weighted by atomic mass is 32.1. The minimum Gasteiger partial charge on any atom is -0.480 e. The number of hydrogen-bond donors (Lipinski definition) is 2. The maximum Gasteiger partial charge on any atom is 0.317 e. The van der Waals surface area contributed by atoms with Crippen molar-refractivity contribution in [2.24, 2.45) is 0 Å². The third-order valence-corrected chi connectivity index (χ3v) is 5.07. The number of carbonyl (C=O) groups is 1. The fraction of sp³-hybridized carbons (Fsp3) is 0.688. The highest BCUT2D eigenvalue weighted by Gasteiger charge is 2.34. The lowest BCUT2D eigenvalue weighted by atomic mass is 9.84. The molecule has 4 nitrogen and oxygen atoms in total. The first-order valence-corrected chi connectivity index (χ1v) is 8.75. The van der Waals surface area contributed by atoms with Gasteiger partial charge < -0.3 is 10.4 Å². The zero-order valence-corrected chi connectivity index (χ0v) is 13.7. The number of hydrogen-bond acceptors (Lipinski definition) is 4. The van der Waals surface area contributed by atoms with Gasteiger partial charge in [-0.15, -0.1) is 0 Å². The smallest absolute Gasteiger partial charge is 0.317 e. The molecule has 2 N–H and O–H groups in total. The molecule has 5 heteroatoms. The van der Waals surface area contributed by atoms with Gasteiger partial charge in [-0.2, -0.15) is 11.3 Å². The molecule has 1 aromatic heterocycles. The summed E-state index contributed by atoms with van der Waals surface area (Å²) in [5.74, 6) is -0.725. The summed E-state index contributed by atoms with van der Waals surface area (Å²) in [5, 5.41) is 16.9. The molecule has 1 aliphatic carbocycles. The van der Waals surface area contributed by atoms with Gasteiger partial charge in [0.05, 0.1) is 6.54 Å². The van der Waals surface area contributed by atoms with E-state index in [-0.39, 0.29) is 6.54 Å². The Balaban J connectivity index is 1.63. The van der Waals surface area contributed by atoms with Crippen molar-refractivity contribution in [2.45, 2.75) is 57.7 Å². The number of likely N-dealkylation sites (N-methyl/N-ethyl adjacent to an activating group) is 1. The molecule has 0 aromatic carbocycles. The summed E-state index contributed by atoms with van der Waals surface area (Å²) in [4.78, 5) is 12.9. The van der Waals surface area contributed by atoms with Crippen LogP contribution in [0.5, 0.6) is 0 Å². The Kier molecular flexibility index (Phi) is 6.21. The van der Waals surface area contributed by atoms with Crippen molar-refractivity contribution in [1.82, 2.24) is 10.2 Å². The van der Waals surface area contributed by atoms with Crippen LogP contribution in [-0.4, -0.2) is 47.2 Å². The predicted molar refractivity (Wildman–Crippen MR) is 86.9 cm³/mol. The van der Waals surface area contributed by atoms with E-state index in [1.54, 1.807) is 11.3 Å². The highest BCUT2D eigenvalue weighted by molar-refractivity contribution is 7.07. The van der Waals surface area contributed by atoms with Crippen molar-refractivity contribution in [3.05, 3.63) is 22.4 Å². The largest absolute Gasteiger partial charge is 0.480 e. The normalized spacial score (nSPS) is 23.0. The van der Waals surface area contributed by atoms with E-state index in [1.165, 1.54) is 5.56 Å².